The minimum Gasteiger partial charge on any atom is -0.483 e. The molecule has 0 bridgehead atoms. The van der Waals surface area contributed by atoms with Crippen LogP contribution in [-0.4, -0.2) is 22.3 Å². The summed E-state index contributed by atoms with van der Waals surface area (Å²) in [6.07, 6.45) is 0. The Labute approximate surface area is 132 Å². The van der Waals surface area contributed by atoms with Gasteiger partial charge in [-0.05, 0) is 54.4 Å². The number of aryl methyl sites for hydroxylation is 3. The fraction of sp³-hybridized carbons (Fsp3) is 0.333. The van der Waals surface area contributed by atoms with Gasteiger partial charge in [-0.15, -0.1) is 0 Å². The van der Waals surface area contributed by atoms with Crippen molar-refractivity contribution in [3.8, 4) is 5.75 Å². The third-order valence-electron chi connectivity index (χ3n) is 3.22. The molecule has 0 atom stereocenters. The van der Waals surface area contributed by atoms with Crippen LogP contribution in [0.5, 0.6) is 5.75 Å². The number of carbonyl (C=O) groups excluding carboxylic acids is 1. The lowest BCUT2D eigenvalue weighted by Gasteiger charge is -2.09. The molecule has 0 radical (unpaired) electrons. The molecular formula is C15H18BrN3O2. The smallest absolute Gasteiger partial charge is 0.262 e. The molecule has 0 aliphatic rings. The van der Waals surface area contributed by atoms with Crippen LogP contribution in [0.4, 0.5) is 5.69 Å². The van der Waals surface area contributed by atoms with E-state index in [4.69, 9.17) is 4.74 Å². The topological polar surface area (TPSA) is 56.1 Å². The number of rotatable bonds is 4. The van der Waals surface area contributed by atoms with Crippen LogP contribution in [0.25, 0.3) is 0 Å². The van der Waals surface area contributed by atoms with E-state index < -0.39 is 0 Å². The average Bonchev–Trinajstić information content (AvgIpc) is 2.64. The third-order valence-corrected chi connectivity index (χ3v) is 3.84. The number of hydrogen-bond donors (Lipinski definition) is 1. The molecule has 0 fully saturated rings. The standard InChI is InChI=1S/C15H18BrN3O2/c1-9-5-6-13(12(16)7-9)21-8-14(20)17-15-10(2)18-19(4)11(15)3/h5-7H,8H2,1-4H3,(H,17,20). The van der Waals surface area contributed by atoms with Gasteiger partial charge in [0.15, 0.2) is 6.61 Å². The molecule has 0 spiro atoms. The molecule has 6 heteroatoms. The molecule has 2 rings (SSSR count). The van der Waals surface area contributed by atoms with E-state index in [1.165, 1.54) is 0 Å². The maximum atomic E-state index is 12.0. The number of nitrogens with one attached hydrogen (secondary N) is 1. The lowest BCUT2D eigenvalue weighted by molar-refractivity contribution is -0.118. The average molecular weight is 352 g/mol. The van der Waals surface area contributed by atoms with Crippen LogP contribution in [0.2, 0.25) is 0 Å². The number of benzene rings is 1. The number of amides is 1. The highest BCUT2D eigenvalue weighted by atomic mass is 79.9. The van der Waals surface area contributed by atoms with Gasteiger partial charge in [-0.1, -0.05) is 6.07 Å². The van der Waals surface area contributed by atoms with Crippen molar-refractivity contribution in [2.75, 3.05) is 11.9 Å². The predicted octanol–water partition coefficient (Wildman–Crippen LogP) is 3.13. The highest BCUT2D eigenvalue weighted by molar-refractivity contribution is 9.10. The first-order chi connectivity index (χ1) is 9.88. The highest BCUT2D eigenvalue weighted by Gasteiger charge is 2.13. The van der Waals surface area contributed by atoms with Crippen LogP contribution in [0, 0.1) is 20.8 Å². The molecule has 0 saturated heterocycles. The van der Waals surface area contributed by atoms with Gasteiger partial charge in [-0.3, -0.25) is 9.48 Å². The van der Waals surface area contributed by atoms with Crippen LogP contribution in [0.3, 0.4) is 0 Å². The molecule has 0 aliphatic carbocycles. The Hall–Kier alpha value is -1.82. The summed E-state index contributed by atoms with van der Waals surface area (Å²) < 4.78 is 8.10. The number of carbonyl (C=O) groups is 1. The fourth-order valence-electron chi connectivity index (χ4n) is 2.00. The quantitative estimate of drug-likeness (QED) is 0.920. The first-order valence-electron chi connectivity index (χ1n) is 6.57. The molecule has 0 unspecified atom stereocenters. The highest BCUT2D eigenvalue weighted by Crippen LogP contribution is 2.25. The molecular weight excluding hydrogens is 334 g/mol. The second kappa shape index (κ2) is 6.30. The largest absolute Gasteiger partial charge is 0.483 e. The van der Waals surface area contributed by atoms with Crippen LogP contribution >= 0.6 is 15.9 Å². The normalized spacial score (nSPS) is 10.5. The lowest BCUT2D eigenvalue weighted by Crippen LogP contribution is -2.21. The Kier molecular flexibility index (Phi) is 4.67. The Morgan fingerprint density at radius 2 is 2.10 bits per heavy atom. The van der Waals surface area contributed by atoms with Crippen LogP contribution in [0.1, 0.15) is 17.0 Å². The minimum absolute atomic E-state index is 0.0462. The molecule has 0 saturated carbocycles. The summed E-state index contributed by atoms with van der Waals surface area (Å²) in [7, 11) is 1.85. The zero-order chi connectivity index (χ0) is 15.6. The van der Waals surface area contributed by atoms with Crippen molar-refractivity contribution >= 4 is 27.5 Å². The Morgan fingerprint density at radius 1 is 1.38 bits per heavy atom. The van der Waals surface area contributed by atoms with Gasteiger partial charge in [0.2, 0.25) is 0 Å². The summed E-state index contributed by atoms with van der Waals surface area (Å²) in [4.78, 5) is 12.0. The molecule has 1 amide bonds. The number of aromatic nitrogens is 2. The van der Waals surface area contributed by atoms with E-state index in [2.05, 4.69) is 26.3 Å². The number of ether oxygens (including phenoxy) is 1. The monoisotopic (exact) mass is 351 g/mol. The van der Waals surface area contributed by atoms with Gasteiger partial charge in [0.05, 0.1) is 21.5 Å². The zero-order valence-electron chi connectivity index (χ0n) is 12.5. The van der Waals surface area contributed by atoms with Gasteiger partial charge >= 0.3 is 0 Å². The van der Waals surface area contributed by atoms with E-state index in [0.29, 0.717) is 5.75 Å². The van der Waals surface area contributed by atoms with Gasteiger partial charge in [-0.25, -0.2) is 0 Å². The molecule has 1 N–H and O–H groups in total. The first-order valence-corrected chi connectivity index (χ1v) is 7.36. The molecule has 0 aliphatic heterocycles. The number of hydrogen-bond acceptors (Lipinski definition) is 3. The van der Waals surface area contributed by atoms with Crippen molar-refractivity contribution < 1.29 is 9.53 Å². The van der Waals surface area contributed by atoms with Crippen molar-refractivity contribution in [3.63, 3.8) is 0 Å². The second-order valence-corrected chi connectivity index (χ2v) is 5.79. The van der Waals surface area contributed by atoms with Crippen molar-refractivity contribution in [2.24, 2.45) is 7.05 Å². The maximum Gasteiger partial charge on any atom is 0.262 e. The predicted molar refractivity (Wildman–Crippen MR) is 85.7 cm³/mol. The van der Waals surface area contributed by atoms with Crippen LogP contribution in [0.15, 0.2) is 22.7 Å². The maximum absolute atomic E-state index is 12.0. The molecule has 5 nitrogen and oxygen atoms in total. The second-order valence-electron chi connectivity index (χ2n) is 4.94. The van der Waals surface area contributed by atoms with E-state index in [9.17, 15) is 4.79 Å². The van der Waals surface area contributed by atoms with Crippen molar-refractivity contribution in [3.05, 3.63) is 39.6 Å². The number of halogens is 1. The molecule has 1 heterocycles. The number of nitrogens with zero attached hydrogens (tertiary/aromatic N) is 2. The van der Waals surface area contributed by atoms with E-state index in [1.54, 1.807) is 4.68 Å². The third kappa shape index (κ3) is 3.64. The van der Waals surface area contributed by atoms with E-state index in [-0.39, 0.29) is 12.5 Å². The van der Waals surface area contributed by atoms with E-state index in [0.717, 1.165) is 27.1 Å². The summed E-state index contributed by atoms with van der Waals surface area (Å²) >= 11 is 3.42. The van der Waals surface area contributed by atoms with Gasteiger partial charge in [-0.2, -0.15) is 5.10 Å². The molecule has 21 heavy (non-hydrogen) atoms. The molecule has 112 valence electrons. The van der Waals surface area contributed by atoms with Crippen molar-refractivity contribution in [1.29, 1.82) is 0 Å². The van der Waals surface area contributed by atoms with E-state index in [1.807, 2.05) is 46.0 Å². The summed E-state index contributed by atoms with van der Waals surface area (Å²) in [6, 6.07) is 5.73. The minimum atomic E-state index is -0.207. The number of anilines is 1. The fourth-order valence-corrected chi connectivity index (χ4v) is 2.60. The Balaban J connectivity index is 1.99. The summed E-state index contributed by atoms with van der Waals surface area (Å²) in [5, 5.41) is 7.10. The van der Waals surface area contributed by atoms with Crippen LogP contribution in [-0.2, 0) is 11.8 Å². The Morgan fingerprint density at radius 3 is 2.67 bits per heavy atom. The van der Waals surface area contributed by atoms with Crippen molar-refractivity contribution in [1.82, 2.24) is 9.78 Å². The van der Waals surface area contributed by atoms with Gasteiger partial charge < -0.3 is 10.1 Å². The van der Waals surface area contributed by atoms with Crippen LogP contribution < -0.4 is 10.1 Å². The summed E-state index contributed by atoms with van der Waals surface area (Å²) in [5.41, 5.74) is 3.58. The first kappa shape index (κ1) is 15.6. The molecule has 1 aromatic heterocycles. The Bertz CT molecular complexity index is 680. The van der Waals surface area contributed by atoms with Gasteiger partial charge in [0.25, 0.3) is 5.91 Å². The van der Waals surface area contributed by atoms with Crippen molar-refractivity contribution in [2.45, 2.75) is 20.8 Å². The van der Waals surface area contributed by atoms with E-state index >= 15 is 0 Å². The van der Waals surface area contributed by atoms with Gasteiger partial charge in [0, 0.05) is 7.05 Å². The molecule has 2 aromatic rings. The molecule has 1 aromatic carbocycles. The lowest BCUT2D eigenvalue weighted by atomic mass is 10.2. The summed E-state index contributed by atoms with van der Waals surface area (Å²) in [6.45, 7) is 5.72. The summed E-state index contributed by atoms with van der Waals surface area (Å²) in [5.74, 6) is 0.442. The zero-order valence-corrected chi connectivity index (χ0v) is 14.1. The SMILES string of the molecule is Cc1ccc(OCC(=O)Nc2c(C)nn(C)c2C)c(Br)c1. The van der Waals surface area contributed by atoms with Gasteiger partial charge in [0.1, 0.15) is 5.75 Å².